The first kappa shape index (κ1) is 17.8. The van der Waals surface area contributed by atoms with Crippen LogP contribution in [0.3, 0.4) is 0 Å². The van der Waals surface area contributed by atoms with Crippen molar-refractivity contribution >= 4 is 26.6 Å². The molecule has 0 bridgehead atoms. The number of hydrogen-bond acceptors (Lipinski definition) is 5. The highest BCUT2D eigenvalue weighted by Gasteiger charge is 2.36. The zero-order chi connectivity index (χ0) is 18.2. The maximum absolute atomic E-state index is 13.6. The Morgan fingerprint density at radius 2 is 2.12 bits per heavy atom. The van der Waals surface area contributed by atoms with E-state index in [4.69, 9.17) is 0 Å². The lowest BCUT2D eigenvalue weighted by Crippen LogP contribution is -2.44. The van der Waals surface area contributed by atoms with Gasteiger partial charge in [-0.25, -0.2) is 12.8 Å². The van der Waals surface area contributed by atoms with Gasteiger partial charge >= 0.3 is 0 Å². The van der Waals surface area contributed by atoms with Gasteiger partial charge in [-0.05, 0) is 38.7 Å². The Morgan fingerprint density at radius 3 is 2.76 bits per heavy atom. The van der Waals surface area contributed by atoms with Crippen LogP contribution in [0.4, 0.5) is 4.39 Å². The van der Waals surface area contributed by atoms with Crippen molar-refractivity contribution in [2.75, 3.05) is 38.7 Å². The van der Waals surface area contributed by atoms with Crippen LogP contribution in [0.5, 0.6) is 0 Å². The SMILES string of the molecule is CN(C)CCN(C(=O)c1n[nH]c2ccc(F)cc12)C1CCS(=O)(=O)C1. The Morgan fingerprint density at radius 1 is 1.36 bits per heavy atom. The van der Waals surface area contributed by atoms with Crippen LogP contribution in [-0.2, 0) is 9.84 Å². The predicted molar refractivity (Wildman–Crippen MR) is 92.7 cm³/mol. The molecule has 0 radical (unpaired) electrons. The molecule has 136 valence electrons. The normalized spacial score (nSPS) is 19.6. The van der Waals surface area contributed by atoms with Crippen molar-refractivity contribution in [3.8, 4) is 0 Å². The summed E-state index contributed by atoms with van der Waals surface area (Å²) in [6, 6.07) is 3.71. The van der Waals surface area contributed by atoms with Gasteiger partial charge in [0.1, 0.15) is 5.82 Å². The van der Waals surface area contributed by atoms with Crippen molar-refractivity contribution in [3.63, 3.8) is 0 Å². The standard InChI is InChI=1S/C16H21FN4O3S/c1-20(2)6-7-21(12-5-8-25(23,24)10-12)16(22)15-13-9-11(17)3-4-14(13)18-19-15/h3-4,9,12H,5-8,10H2,1-2H3,(H,18,19). The fraction of sp³-hybridized carbons (Fsp3) is 0.500. The Kier molecular flexibility index (Phi) is 4.79. The molecular weight excluding hydrogens is 347 g/mol. The van der Waals surface area contributed by atoms with Crippen molar-refractivity contribution in [2.45, 2.75) is 12.5 Å². The molecular formula is C16H21FN4O3S. The van der Waals surface area contributed by atoms with Crippen molar-refractivity contribution in [1.29, 1.82) is 0 Å². The number of H-pyrrole nitrogens is 1. The van der Waals surface area contributed by atoms with Crippen LogP contribution in [0.2, 0.25) is 0 Å². The minimum atomic E-state index is -3.13. The average molecular weight is 368 g/mol. The summed E-state index contributed by atoms with van der Waals surface area (Å²) in [7, 11) is 0.638. The van der Waals surface area contributed by atoms with Gasteiger partial charge < -0.3 is 9.80 Å². The number of benzene rings is 1. The molecule has 1 aliphatic heterocycles. The molecule has 1 aliphatic rings. The van der Waals surface area contributed by atoms with Crippen molar-refractivity contribution in [3.05, 3.63) is 29.7 Å². The molecule has 3 rings (SSSR count). The van der Waals surface area contributed by atoms with Gasteiger partial charge in [0.05, 0.1) is 17.0 Å². The highest BCUT2D eigenvalue weighted by atomic mass is 32.2. The highest BCUT2D eigenvalue weighted by Crippen LogP contribution is 2.23. The molecule has 1 N–H and O–H groups in total. The van der Waals surface area contributed by atoms with Crippen molar-refractivity contribution < 1.29 is 17.6 Å². The highest BCUT2D eigenvalue weighted by molar-refractivity contribution is 7.91. The molecule has 0 saturated carbocycles. The summed E-state index contributed by atoms with van der Waals surface area (Å²) in [5.41, 5.74) is 0.689. The molecule has 7 nitrogen and oxygen atoms in total. The summed E-state index contributed by atoms with van der Waals surface area (Å²) in [6.45, 7) is 0.981. The number of aromatic nitrogens is 2. The molecule has 9 heteroatoms. The number of carbonyl (C=O) groups is 1. The fourth-order valence-corrected chi connectivity index (χ4v) is 4.79. The van der Waals surface area contributed by atoms with Gasteiger partial charge in [0.2, 0.25) is 0 Å². The number of halogens is 1. The second kappa shape index (κ2) is 6.72. The van der Waals surface area contributed by atoms with Crippen LogP contribution in [0, 0.1) is 5.82 Å². The van der Waals surface area contributed by atoms with E-state index in [9.17, 15) is 17.6 Å². The van der Waals surface area contributed by atoms with E-state index in [2.05, 4.69) is 10.2 Å². The quantitative estimate of drug-likeness (QED) is 0.847. The molecule has 1 fully saturated rings. The van der Waals surface area contributed by atoms with Gasteiger partial charge in [0.25, 0.3) is 5.91 Å². The fourth-order valence-electron chi connectivity index (χ4n) is 3.06. The molecule has 1 atom stereocenters. The van der Waals surface area contributed by atoms with Crippen molar-refractivity contribution in [2.24, 2.45) is 0 Å². The first-order valence-corrected chi connectivity index (χ1v) is 9.89. The summed E-state index contributed by atoms with van der Waals surface area (Å²) >= 11 is 0. The Balaban J connectivity index is 1.93. The van der Waals surface area contributed by atoms with Gasteiger partial charge in [-0.1, -0.05) is 0 Å². The topological polar surface area (TPSA) is 86.4 Å². The van der Waals surface area contributed by atoms with E-state index in [0.29, 0.717) is 30.4 Å². The number of nitrogens with one attached hydrogen (secondary N) is 1. The van der Waals surface area contributed by atoms with E-state index < -0.39 is 15.7 Å². The molecule has 0 aliphatic carbocycles. The Bertz CT molecular complexity index is 894. The maximum Gasteiger partial charge on any atom is 0.275 e. The van der Waals surface area contributed by atoms with Crippen molar-refractivity contribution in [1.82, 2.24) is 20.0 Å². The second-order valence-corrected chi connectivity index (χ2v) is 8.85. The van der Waals surface area contributed by atoms with Gasteiger partial charge in [-0.3, -0.25) is 9.89 Å². The van der Waals surface area contributed by atoms with Crippen LogP contribution in [0.25, 0.3) is 10.9 Å². The van der Waals surface area contributed by atoms with Gasteiger partial charge in [0, 0.05) is 24.5 Å². The van der Waals surface area contributed by atoms with E-state index in [0.717, 1.165) is 0 Å². The summed E-state index contributed by atoms with van der Waals surface area (Å²) in [5, 5.41) is 7.18. The molecule has 25 heavy (non-hydrogen) atoms. The van der Waals surface area contributed by atoms with Crippen LogP contribution in [-0.4, -0.2) is 79.1 Å². The number of fused-ring (bicyclic) bond motifs is 1. The van der Waals surface area contributed by atoms with E-state index in [1.807, 2.05) is 19.0 Å². The molecule has 0 spiro atoms. The van der Waals surface area contributed by atoms with Crippen LogP contribution >= 0.6 is 0 Å². The predicted octanol–water partition coefficient (Wildman–Crippen LogP) is 0.893. The number of amides is 1. The minimum Gasteiger partial charge on any atom is -0.332 e. The lowest BCUT2D eigenvalue weighted by Gasteiger charge is -2.29. The number of aromatic amines is 1. The van der Waals surface area contributed by atoms with Crippen LogP contribution < -0.4 is 0 Å². The summed E-state index contributed by atoms with van der Waals surface area (Å²) in [4.78, 5) is 16.5. The monoisotopic (exact) mass is 368 g/mol. The number of likely N-dealkylation sites (N-methyl/N-ethyl adjacent to an activating group) is 1. The second-order valence-electron chi connectivity index (χ2n) is 6.62. The van der Waals surface area contributed by atoms with E-state index in [-0.39, 0.29) is 29.1 Å². The summed E-state index contributed by atoms with van der Waals surface area (Å²) in [5.74, 6) is -0.783. The molecule has 1 aromatic carbocycles. The number of sulfone groups is 1. The molecule has 2 aromatic rings. The molecule has 1 amide bonds. The third kappa shape index (κ3) is 3.82. The summed E-state index contributed by atoms with van der Waals surface area (Å²) in [6.07, 6.45) is 0.415. The van der Waals surface area contributed by atoms with Gasteiger partial charge in [-0.2, -0.15) is 5.10 Å². The van der Waals surface area contributed by atoms with Gasteiger partial charge in [-0.15, -0.1) is 0 Å². The van der Waals surface area contributed by atoms with Crippen LogP contribution in [0.1, 0.15) is 16.9 Å². The lowest BCUT2D eigenvalue weighted by atomic mass is 10.1. The number of hydrogen-bond donors (Lipinski definition) is 1. The molecule has 1 saturated heterocycles. The third-order valence-electron chi connectivity index (χ3n) is 4.43. The third-order valence-corrected chi connectivity index (χ3v) is 6.18. The number of rotatable bonds is 5. The van der Waals surface area contributed by atoms with E-state index >= 15 is 0 Å². The zero-order valence-electron chi connectivity index (χ0n) is 14.2. The Labute approximate surface area is 145 Å². The molecule has 2 heterocycles. The Hall–Kier alpha value is -2.00. The lowest BCUT2D eigenvalue weighted by molar-refractivity contribution is 0.0679. The smallest absolute Gasteiger partial charge is 0.275 e. The molecule has 1 unspecified atom stereocenters. The van der Waals surface area contributed by atoms with Crippen LogP contribution in [0.15, 0.2) is 18.2 Å². The number of carbonyl (C=O) groups excluding carboxylic acids is 1. The molecule has 1 aromatic heterocycles. The summed E-state index contributed by atoms with van der Waals surface area (Å²) < 4.78 is 37.2. The maximum atomic E-state index is 13.6. The largest absolute Gasteiger partial charge is 0.332 e. The minimum absolute atomic E-state index is 0.0388. The van der Waals surface area contributed by atoms with E-state index in [1.54, 1.807) is 4.90 Å². The number of nitrogens with zero attached hydrogens (tertiary/aromatic N) is 3. The first-order chi connectivity index (χ1) is 11.8. The van der Waals surface area contributed by atoms with Gasteiger partial charge in [0.15, 0.2) is 15.5 Å². The first-order valence-electron chi connectivity index (χ1n) is 8.06. The average Bonchev–Trinajstić information content (AvgIpc) is 3.09. The van der Waals surface area contributed by atoms with E-state index in [1.165, 1.54) is 18.2 Å². The zero-order valence-corrected chi connectivity index (χ0v) is 15.0.